The van der Waals surface area contributed by atoms with Gasteiger partial charge >= 0.3 is 0 Å². The highest BCUT2D eigenvalue weighted by Crippen LogP contribution is 2.48. The molecule has 1 spiro atoms. The van der Waals surface area contributed by atoms with Crippen LogP contribution in [-0.2, 0) is 9.59 Å². The van der Waals surface area contributed by atoms with Gasteiger partial charge in [-0.2, -0.15) is 0 Å². The Morgan fingerprint density at radius 3 is 2.62 bits per heavy atom. The molecule has 1 heterocycles. The predicted molar refractivity (Wildman–Crippen MR) is 59.5 cm³/mol. The summed E-state index contributed by atoms with van der Waals surface area (Å²) in [6, 6.07) is 0. The summed E-state index contributed by atoms with van der Waals surface area (Å²) in [5, 5.41) is 3.01. The minimum atomic E-state index is -0.375. The van der Waals surface area contributed by atoms with E-state index in [-0.39, 0.29) is 11.3 Å². The maximum absolute atomic E-state index is 12.1. The van der Waals surface area contributed by atoms with Crippen molar-refractivity contribution in [3.05, 3.63) is 23.4 Å². The Kier molecular flexibility index (Phi) is 2.03. The van der Waals surface area contributed by atoms with Crippen molar-refractivity contribution in [2.45, 2.75) is 38.5 Å². The first-order chi connectivity index (χ1) is 7.72. The SMILES string of the molecule is O=C1CCC2(CC1)C(=O)NC1=C2C=CCC1. The van der Waals surface area contributed by atoms with Crippen molar-refractivity contribution in [3.8, 4) is 0 Å². The minimum Gasteiger partial charge on any atom is -0.329 e. The van der Waals surface area contributed by atoms with Crippen molar-refractivity contribution in [3.63, 3.8) is 0 Å². The van der Waals surface area contributed by atoms with Crippen LogP contribution in [0.3, 0.4) is 0 Å². The van der Waals surface area contributed by atoms with E-state index in [1.165, 1.54) is 0 Å². The maximum Gasteiger partial charge on any atom is 0.234 e. The molecule has 1 saturated carbocycles. The van der Waals surface area contributed by atoms with Gasteiger partial charge in [0.15, 0.2) is 0 Å². The zero-order valence-electron chi connectivity index (χ0n) is 9.21. The van der Waals surface area contributed by atoms with Crippen LogP contribution in [0.5, 0.6) is 0 Å². The molecule has 1 fully saturated rings. The Labute approximate surface area is 94.6 Å². The van der Waals surface area contributed by atoms with Crippen LogP contribution in [0, 0.1) is 5.41 Å². The van der Waals surface area contributed by atoms with Gasteiger partial charge in [-0.15, -0.1) is 0 Å². The third-order valence-electron chi connectivity index (χ3n) is 4.05. The number of carbonyl (C=O) groups is 2. The van der Waals surface area contributed by atoms with Crippen molar-refractivity contribution in [2.75, 3.05) is 0 Å². The molecule has 3 rings (SSSR count). The van der Waals surface area contributed by atoms with E-state index in [1.807, 2.05) is 0 Å². The van der Waals surface area contributed by atoms with Crippen molar-refractivity contribution >= 4 is 11.7 Å². The molecule has 0 bridgehead atoms. The molecule has 0 radical (unpaired) electrons. The second kappa shape index (κ2) is 3.30. The molecule has 84 valence electrons. The number of ketones is 1. The van der Waals surface area contributed by atoms with E-state index >= 15 is 0 Å². The number of fused-ring (bicyclic) bond motifs is 1. The van der Waals surface area contributed by atoms with Crippen molar-refractivity contribution < 1.29 is 9.59 Å². The molecule has 3 heteroatoms. The smallest absolute Gasteiger partial charge is 0.234 e. The van der Waals surface area contributed by atoms with Gasteiger partial charge in [-0.3, -0.25) is 9.59 Å². The normalized spacial score (nSPS) is 27.2. The van der Waals surface area contributed by atoms with Gasteiger partial charge in [0.1, 0.15) is 5.78 Å². The summed E-state index contributed by atoms with van der Waals surface area (Å²) in [6.45, 7) is 0. The lowest BCUT2D eigenvalue weighted by Gasteiger charge is -2.32. The van der Waals surface area contributed by atoms with Gasteiger partial charge < -0.3 is 5.32 Å². The highest BCUT2D eigenvalue weighted by molar-refractivity contribution is 5.94. The minimum absolute atomic E-state index is 0.122. The first-order valence-corrected chi connectivity index (χ1v) is 5.96. The Hall–Kier alpha value is -1.38. The quantitative estimate of drug-likeness (QED) is 0.673. The molecule has 1 aliphatic heterocycles. The summed E-state index contributed by atoms with van der Waals surface area (Å²) in [6.07, 6.45) is 8.67. The summed E-state index contributed by atoms with van der Waals surface area (Å²) in [5.74, 6) is 0.420. The number of carbonyl (C=O) groups excluding carboxylic acids is 2. The Bertz CT molecular complexity index is 421. The number of allylic oxidation sites excluding steroid dienone is 3. The second-order valence-electron chi connectivity index (χ2n) is 4.91. The summed E-state index contributed by atoms with van der Waals surface area (Å²) in [4.78, 5) is 23.4. The third-order valence-corrected chi connectivity index (χ3v) is 4.05. The van der Waals surface area contributed by atoms with E-state index in [2.05, 4.69) is 17.5 Å². The molecule has 1 amide bonds. The second-order valence-corrected chi connectivity index (χ2v) is 4.91. The van der Waals surface area contributed by atoms with E-state index in [0.29, 0.717) is 31.5 Å². The van der Waals surface area contributed by atoms with E-state index in [1.54, 1.807) is 0 Å². The van der Waals surface area contributed by atoms with Gasteiger partial charge in [-0.1, -0.05) is 12.2 Å². The van der Waals surface area contributed by atoms with Crippen LogP contribution in [0.15, 0.2) is 23.4 Å². The summed E-state index contributed by atoms with van der Waals surface area (Å²) in [5.41, 5.74) is 1.89. The largest absolute Gasteiger partial charge is 0.329 e. The molecule has 2 aliphatic carbocycles. The lowest BCUT2D eigenvalue weighted by molar-refractivity contribution is -0.131. The van der Waals surface area contributed by atoms with Crippen LogP contribution in [0.2, 0.25) is 0 Å². The molecule has 0 aromatic heterocycles. The average molecular weight is 217 g/mol. The number of amides is 1. The molecule has 0 saturated heterocycles. The Morgan fingerprint density at radius 1 is 1.12 bits per heavy atom. The number of Topliss-reactive ketones (excluding diaryl/α,β-unsaturated/α-hetero) is 1. The standard InChI is InChI=1S/C13H15NO2/c15-9-5-7-13(8-6-9)10-3-1-2-4-11(10)14-12(13)16/h1,3H,2,4-8H2,(H,14,16). The van der Waals surface area contributed by atoms with E-state index in [0.717, 1.165) is 24.1 Å². The van der Waals surface area contributed by atoms with Crippen molar-refractivity contribution in [1.29, 1.82) is 0 Å². The number of hydrogen-bond acceptors (Lipinski definition) is 2. The molecule has 0 aromatic rings. The van der Waals surface area contributed by atoms with Crippen LogP contribution in [-0.4, -0.2) is 11.7 Å². The fourth-order valence-corrected chi connectivity index (χ4v) is 3.07. The average Bonchev–Trinajstić information content (AvgIpc) is 2.57. The summed E-state index contributed by atoms with van der Waals surface area (Å²) >= 11 is 0. The van der Waals surface area contributed by atoms with Crippen molar-refractivity contribution in [1.82, 2.24) is 5.32 Å². The first kappa shape index (κ1) is 9.82. The zero-order valence-corrected chi connectivity index (χ0v) is 9.21. The fourth-order valence-electron chi connectivity index (χ4n) is 3.07. The van der Waals surface area contributed by atoms with Gasteiger partial charge in [-0.05, 0) is 31.3 Å². The molecular weight excluding hydrogens is 202 g/mol. The van der Waals surface area contributed by atoms with Gasteiger partial charge in [-0.25, -0.2) is 0 Å². The van der Waals surface area contributed by atoms with Crippen LogP contribution in [0.25, 0.3) is 0 Å². The highest BCUT2D eigenvalue weighted by atomic mass is 16.2. The topological polar surface area (TPSA) is 46.2 Å². The summed E-state index contributed by atoms with van der Waals surface area (Å²) in [7, 11) is 0. The molecule has 16 heavy (non-hydrogen) atoms. The Morgan fingerprint density at radius 2 is 1.88 bits per heavy atom. The number of hydrogen-bond donors (Lipinski definition) is 1. The molecule has 3 aliphatic rings. The van der Waals surface area contributed by atoms with Gasteiger partial charge in [0.2, 0.25) is 5.91 Å². The van der Waals surface area contributed by atoms with E-state index < -0.39 is 0 Å². The van der Waals surface area contributed by atoms with Gasteiger partial charge in [0.05, 0.1) is 5.41 Å². The lowest BCUT2D eigenvalue weighted by atomic mass is 9.68. The third kappa shape index (κ3) is 1.20. The van der Waals surface area contributed by atoms with E-state index in [4.69, 9.17) is 0 Å². The molecule has 0 aromatic carbocycles. The molecule has 3 nitrogen and oxygen atoms in total. The van der Waals surface area contributed by atoms with Crippen LogP contribution < -0.4 is 5.32 Å². The lowest BCUT2D eigenvalue weighted by Crippen LogP contribution is -2.37. The molecule has 1 N–H and O–H groups in total. The zero-order chi connectivity index (χ0) is 11.2. The maximum atomic E-state index is 12.1. The number of nitrogens with one attached hydrogen (secondary N) is 1. The molecule has 0 unspecified atom stereocenters. The van der Waals surface area contributed by atoms with Gasteiger partial charge in [0.25, 0.3) is 0 Å². The predicted octanol–water partition coefficient (Wildman–Crippen LogP) is 1.85. The van der Waals surface area contributed by atoms with Crippen LogP contribution in [0.4, 0.5) is 0 Å². The first-order valence-electron chi connectivity index (χ1n) is 5.96. The highest BCUT2D eigenvalue weighted by Gasteiger charge is 2.49. The van der Waals surface area contributed by atoms with Gasteiger partial charge in [0, 0.05) is 18.5 Å². The van der Waals surface area contributed by atoms with Crippen molar-refractivity contribution in [2.24, 2.45) is 5.41 Å². The molecular formula is C13H15NO2. The fraction of sp³-hybridized carbons (Fsp3) is 0.538. The van der Waals surface area contributed by atoms with Crippen LogP contribution >= 0.6 is 0 Å². The number of rotatable bonds is 0. The molecule has 0 atom stereocenters. The monoisotopic (exact) mass is 217 g/mol. The van der Waals surface area contributed by atoms with Crippen LogP contribution in [0.1, 0.15) is 38.5 Å². The van der Waals surface area contributed by atoms with E-state index in [9.17, 15) is 9.59 Å². The summed E-state index contributed by atoms with van der Waals surface area (Å²) < 4.78 is 0. The Balaban J connectivity index is 1.99.